The Morgan fingerprint density at radius 2 is 1.70 bits per heavy atom. The second-order valence-corrected chi connectivity index (χ2v) is 13.2. The van der Waals surface area contributed by atoms with Gasteiger partial charge >= 0.3 is 18.2 Å². The summed E-state index contributed by atoms with van der Waals surface area (Å²) in [5, 5.41) is 13.3. The molecule has 1 saturated carbocycles. The topological polar surface area (TPSA) is 76.1 Å². The van der Waals surface area contributed by atoms with Gasteiger partial charge in [0.25, 0.3) is 0 Å². The molecule has 0 spiro atoms. The van der Waals surface area contributed by atoms with Gasteiger partial charge in [-0.2, -0.15) is 13.2 Å². The summed E-state index contributed by atoms with van der Waals surface area (Å²) in [4.78, 5) is 32.3. The highest BCUT2D eigenvalue weighted by molar-refractivity contribution is 5.75. The molecule has 2 unspecified atom stereocenters. The van der Waals surface area contributed by atoms with E-state index in [1.165, 1.54) is 18.2 Å². The number of aliphatic carboxylic acids is 1. The molecule has 2 saturated heterocycles. The number of carboxylic acid groups (broad SMARTS) is 1. The predicted octanol–water partition coefficient (Wildman–Crippen LogP) is 6.73. The van der Waals surface area contributed by atoms with E-state index in [1.807, 2.05) is 13.0 Å². The number of benzene rings is 2. The molecule has 2 heterocycles. The molecule has 0 aromatic heterocycles. The van der Waals surface area contributed by atoms with Gasteiger partial charge < -0.3 is 15.3 Å². The van der Waals surface area contributed by atoms with E-state index in [4.69, 9.17) is 0 Å². The Balaban J connectivity index is 1.26. The number of nitrogens with one attached hydrogen (secondary N) is 1. The number of urea groups is 1. The minimum atomic E-state index is -4.41. The van der Waals surface area contributed by atoms with Crippen molar-refractivity contribution in [3.8, 4) is 0 Å². The van der Waals surface area contributed by atoms with Gasteiger partial charge in [0.2, 0.25) is 0 Å². The van der Waals surface area contributed by atoms with Crippen molar-refractivity contribution in [1.29, 1.82) is 0 Å². The standard InChI is InChI=1S/C35H46F4N4O3/c1-3-42(34(46)40-21-24-12-14-27(15-13-24)35(37,38)39)29-16-18-41(19-17-29)31-23(2)43(22-30(31)26-10-7-11-28(36)20-26)32(33(44)45)25-8-5-4-6-9-25/h7,10-15,20,23,25,29-32H,3-6,8-9,16-19,21-22H2,1-2H3,(H,40,46)(H,44,45)/t23?,30-,31?,32-/m1/s1. The fourth-order valence-electron chi connectivity index (χ4n) is 8.22. The number of carbonyl (C=O) groups excluding carboxylic acids is 1. The van der Waals surface area contributed by atoms with Crippen LogP contribution in [0.4, 0.5) is 22.4 Å². The second kappa shape index (κ2) is 14.7. The maximum atomic E-state index is 14.4. The molecule has 2 aliphatic heterocycles. The van der Waals surface area contributed by atoms with Gasteiger partial charge in [0, 0.05) is 56.8 Å². The summed E-state index contributed by atoms with van der Waals surface area (Å²) in [6.07, 6.45) is 2.11. The molecule has 2 amide bonds. The van der Waals surface area contributed by atoms with Crippen LogP contribution in [0.2, 0.25) is 0 Å². The Labute approximate surface area is 268 Å². The molecule has 2 aromatic rings. The summed E-state index contributed by atoms with van der Waals surface area (Å²) in [5.41, 5.74) is 0.742. The summed E-state index contributed by atoms with van der Waals surface area (Å²) < 4.78 is 53.2. The monoisotopic (exact) mass is 646 g/mol. The first kappa shape index (κ1) is 34.2. The highest BCUT2D eigenvalue weighted by atomic mass is 19.4. The number of nitrogens with zero attached hydrogens (tertiary/aromatic N) is 3. The second-order valence-electron chi connectivity index (χ2n) is 13.2. The van der Waals surface area contributed by atoms with Crippen molar-refractivity contribution in [3.05, 3.63) is 71.0 Å². The lowest BCUT2D eigenvalue weighted by atomic mass is 9.83. The number of likely N-dealkylation sites (tertiary alicyclic amines) is 2. The fraction of sp³-hybridized carbons (Fsp3) is 0.600. The molecule has 7 nitrogen and oxygen atoms in total. The highest BCUT2D eigenvalue weighted by Gasteiger charge is 2.49. The van der Waals surface area contributed by atoms with Crippen LogP contribution in [0.5, 0.6) is 0 Å². The van der Waals surface area contributed by atoms with Gasteiger partial charge in [-0.25, -0.2) is 9.18 Å². The zero-order valence-electron chi connectivity index (χ0n) is 26.7. The van der Waals surface area contributed by atoms with Crippen LogP contribution < -0.4 is 5.32 Å². The lowest BCUT2D eigenvalue weighted by molar-refractivity contribution is -0.146. The van der Waals surface area contributed by atoms with Gasteiger partial charge in [0.1, 0.15) is 11.9 Å². The van der Waals surface area contributed by atoms with Crippen molar-refractivity contribution in [2.45, 2.75) is 102 Å². The number of halogens is 4. The van der Waals surface area contributed by atoms with Gasteiger partial charge in [0.15, 0.2) is 0 Å². The smallest absolute Gasteiger partial charge is 0.416 e. The summed E-state index contributed by atoms with van der Waals surface area (Å²) >= 11 is 0. The zero-order valence-corrected chi connectivity index (χ0v) is 26.7. The fourth-order valence-corrected chi connectivity index (χ4v) is 8.22. The van der Waals surface area contributed by atoms with Crippen molar-refractivity contribution in [2.75, 3.05) is 26.2 Å². The highest BCUT2D eigenvalue weighted by Crippen LogP contribution is 2.41. The molecule has 2 aromatic carbocycles. The van der Waals surface area contributed by atoms with Crippen molar-refractivity contribution in [2.24, 2.45) is 5.92 Å². The van der Waals surface area contributed by atoms with E-state index >= 15 is 0 Å². The third-order valence-corrected chi connectivity index (χ3v) is 10.5. The Bertz CT molecular complexity index is 1330. The largest absolute Gasteiger partial charge is 0.480 e. The van der Waals surface area contributed by atoms with E-state index in [2.05, 4.69) is 22.0 Å². The molecule has 0 radical (unpaired) electrons. The third-order valence-electron chi connectivity index (χ3n) is 10.5. The predicted molar refractivity (Wildman–Crippen MR) is 168 cm³/mol. The van der Waals surface area contributed by atoms with Crippen molar-refractivity contribution in [1.82, 2.24) is 20.0 Å². The average Bonchev–Trinajstić information content (AvgIpc) is 3.37. The van der Waals surface area contributed by atoms with Crippen LogP contribution in [-0.4, -0.2) is 82.2 Å². The summed E-state index contributed by atoms with van der Waals surface area (Å²) in [5.74, 6) is -1.03. The summed E-state index contributed by atoms with van der Waals surface area (Å²) in [6.45, 7) is 6.62. The number of piperidine rings is 1. The van der Waals surface area contributed by atoms with Gasteiger partial charge in [-0.1, -0.05) is 43.5 Å². The number of rotatable bonds is 9. The first-order valence-electron chi connectivity index (χ1n) is 16.7. The van der Waals surface area contributed by atoms with Gasteiger partial charge in [0.05, 0.1) is 5.56 Å². The Kier molecular flexibility index (Phi) is 10.9. The lowest BCUT2D eigenvalue weighted by Gasteiger charge is -2.44. The number of hydrogen-bond acceptors (Lipinski definition) is 4. The normalized spacial score (nSPS) is 24.5. The van der Waals surface area contributed by atoms with E-state index in [9.17, 15) is 32.3 Å². The number of carbonyl (C=O) groups is 2. The van der Waals surface area contributed by atoms with E-state index in [-0.39, 0.29) is 48.4 Å². The minimum Gasteiger partial charge on any atom is -0.480 e. The number of amides is 2. The van der Waals surface area contributed by atoms with Crippen molar-refractivity contribution < 1.29 is 32.3 Å². The molecule has 1 aliphatic carbocycles. The molecule has 46 heavy (non-hydrogen) atoms. The Hall–Kier alpha value is -3.18. The van der Waals surface area contributed by atoms with Crippen LogP contribution in [0.15, 0.2) is 48.5 Å². The molecule has 3 fully saturated rings. The molecular formula is C35H46F4N4O3. The average molecular weight is 647 g/mol. The SMILES string of the molecule is CCN(C(=O)NCc1ccc(C(F)(F)F)cc1)C1CCN(C2C(C)N([C@@H](C(=O)O)C3CCCCC3)C[C@@H]2c2cccc(F)c2)CC1. The maximum Gasteiger partial charge on any atom is 0.416 e. The summed E-state index contributed by atoms with van der Waals surface area (Å²) in [6, 6.07) is 10.6. The first-order chi connectivity index (χ1) is 22.0. The quantitative estimate of drug-likeness (QED) is 0.296. The zero-order chi connectivity index (χ0) is 33.0. The van der Waals surface area contributed by atoms with Crippen LogP contribution in [0.3, 0.4) is 0 Å². The van der Waals surface area contributed by atoms with E-state index in [0.717, 1.165) is 62.6 Å². The van der Waals surface area contributed by atoms with Crippen LogP contribution in [0, 0.1) is 11.7 Å². The Morgan fingerprint density at radius 1 is 1.02 bits per heavy atom. The molecule has 4 atom stereocenters. The number of carboxylic acids is 1. The minimum absolute atomic E-state index is 0.00300. The van der Waals surface area contributed by atoms with Gasteiger partial charge in [-0.3, -0.25) is 14.6 Å². The van der Waals surface area contributed by atoms with Crippen molar-refractivity contribution >= 4 is 12.0 Å². The van der Waals surface area contributed by atoms with Gasteiger partial charge in [-0.05, 0) is 80.8 Å². The maximum absolute atomic E-state index is 14.4. The Morgan fingerprint density at radius 3 is 2.28 bits per heavy atom. The van der Waals surface area contributed by atoms with E-state index < -0.39 is 23.8 Å². The number of hydrogen-bond donors (Lipinski definition) is 2. The van der Waals surface area contributed by atoms with Crippen LogP contribution >= 0.6 is 0 Å². The molecule has 5 rings (SSSR count). The van der Waals surface area contributed by atoms with Crippen LogP contribution in [0.25, 0.3) is 0 Å². The van der Waals surface area contributed by atoms with E-state index in [1.54, 1.807) is 17.0 Å². The molecule has 252 valence electrons. The van der Waals surface area contributed by atoms with Crippen LogP contribution in [-0.2, 0) is 17.5 Å². The molecule has 11 heteroatoms. The summed E-state index contributed by atoms with van der Waals surface area (Å²) in [7, 11) is 0. The lowest BCUT2D eigenvalue weighted by Crippen LogP contribution is -2.56. The molecular weight excluding hydrogens is 600 g/mol. The number of alkyl halides is 3. The van der Waals surface area contributed by atoms with Crippen molar-refractivity contribution in [3.63, 3.8) is 0 Å². The van der Waals surface area contributed by atoms with Gasteiger partial charge in [-0.15, -0.1) is 0 Å². The molecule has 3 aliphatic rings. The third kappa shape index (κ3) is 7.68. The molecule has 0 bridgehead atoms. The molecule has 2 N–H and O–H groups in total. The van der Waals surface area contributed by atoms with E-state index in [0.29, 0.717) is 31.7 Å². The first-order valence-corrected chi connectivity index (χ1v) is 16.7. The van der Waals surface area contributed by atoms with Crippen LogP contribution in [0.1, 0.15) is 81.4 Å².